The minimum absolute atomic E-state index is 0.198. The predicted molar refractivity (Wildman–Crippen MR) is 99.9 cm³/mol. The molecule has 0 aliphatic carbocycles. The summed E-state index contributed by atoms with van der Waals surface area (Å²) >= 11 is 1.53. The Kier molecular flexibility index (Phi) is 6.13. The van der Waals surface area contributed by atoms with Crippen LogP contribution in [0.5, 0.6) is 0 Å². The lowest BCUT2D eigenvalue weighted by Crippen LogP contribution is -2.42. The fourth-order valence-electron chi connectivity index (χ4n) is 2.39. The standard InChI is InChI=1S/C18H23NO4S2/c1-14-8-10-16(11-9-14)24-18(2,3)17(23-25(4,21)22)13-15-7-5-6-12-19(15)20/h5-12,17H,13H2,1-4H3. The number of aryl methyl sites for hydroxylation is 1. The molecule has 0 aliphatic rings. The van der Waals surface area contributed by atoms with Gasteiger partial charge in [0, 0.05) is 21.8 Å². The molecule has 25 heavy (non-hydrogen) atoms. The van der Waals surface area contributed by atoms with E-state index in [1.165, 1.54) is 18.0 Å². The fourth-order valence-corrected chi connectivity index (χ4v) is 4.33. The molecule has 2 rings (SSSR count). The summed E-state index contributed by atoms with van der Waals surface area (Å²) in [6.07, 6.45) is 1.94. The maximum Gasteiger partial charge on any atom is 0.264 e. The van der Waals surface area contributed by atoms with E-state index >= 15 is 0 Å². The van der Waals surface area contributed by atoms with Crippen molar-refractivity contribution in [3.05, 3.63) is 65.1 Å². The first-order valence-electron chi connectivity index (χ1n) is 7.88. The van der Waals surface area contributed by atoms with Crippen molar-refractivity contribution >= 4 is 21.9 Å². The van der Waals surface area contributed by atoms with E-state index in [4.69, 9.17) is 4.18 Å². The minimum atomic E-state index is -3.66. The van der Waals surface area contributed by atoms with Crippen molar-refractivity contribution in [3.63, 3.8) is 0 Å². The van der Waals surface area contributed by atoms with E-state index in [1.54, 1.807) is 18.2 Å². The van der Waals surface area contributed by atoms with Gasteiger partial charge in [0.1, 0.15) is 6.10 Å². The van der Waals surface area contributed by atoms with Gasteiger partial charge in [-0.1, -0.05) is 23.8 Å². The van der Waals surface area contributed by atoms with Crippen molar-refractivity contribution in [2.45, 2.75) is 42.9 Å². The van der Waals surface area contributed by atoms with Crippen LogP contribution in [0.25, 0.3) is 0 Å². The first kappa shape index (κ1) is 19.8. The number of aromatic nitrogens is 1. The Bertz CT molecular complexity index is 817. The van der Waals surface area contributed by atoms with E-state index in [0.717, 1.165) is 21.4 Å². The molecule has 1 heterocycles. The molecule has 1 unspecified atom stereocenters. The molecule has 0 fully saturated rings. The molecule has 1 aromatic carbocycles. The smallest absolute Gasteiger partial charge is 0.264 e. The van der Waals surface area contributed by atoms with Crippen molar-refractivity contribution in [2.24, 2.45) is 0 Å². The van der Waals surface area contributed by atoms with Crippen LogP contribution in [0.1, 0.15) is 25.1 Å². The molecule has 0 aliphatic heterocycles. The molecule has 7 heteroatoms. The van der Waals surface area contributed by atoms with Crippen LogP contribution in [0.2, 0.25) is 0 Å². The van der Waals surface area contributed by atoms with Crippen LogP contribution in [0, 0.1) is 12.1 Å². The van der Waals surface area contributed by atoms with Crippen molar-refractivity contribution in [3.8, 4) is 0 Å². The zero-order valence-corrected chi connectivity index (χ0v) is 16.4. The zero-order valence-electron chi connectivity index (χ0n) is 14.8. The second-order valence-electron chi connectivity index (χ2n) is 6.53. The second-order valence-corrected chi connectivity index (χ2v) is 9.86. The van der Waals surface area contributed by atoms with E-state index in [1.807, 2.05) is 45.0 Å². The van der Waals surface area contributed by atoms with Crippen molar-refractivity contribution in [1.29, 1.82) is 0 Å². The van der Waals surface area contributed by atoms with Crippen LogP contribution < -0.4 is 4.73 Å². The summed E-state index contributed by atoms with van der Waals surface area (Å²) in [5, 5.41) is 11.9. The lowest BCUT2D eigenvalue weighted by Gasteiger charge is -2.32. The highest BCUT2D eigenvalue weighted by atomic mass is 32.2. The summed E-state index contributed by atoms with van der Waals surface area (Å²) in [6, 6.07) is 13.1. The molecule has 0 spiro atoms. The van der Waals surface area contributed by atoms with Gasteiger partial charge in [-0.3, -0.25) is 4.18 Å². The van der Waals surface area contributed by atoms with E-state index in [2.05, 4.69) is 0 Å². The average molecular weight is 382 g/mol. The van der Waals surface area contributed by atoms with Crippen LogP contribution in [-0.4, -0.2) is 25.5 Å². The van der Waals surface area contributed by atoms with Gasteiger partial charge in [-0.15, -0.1) is 11.8 Å². The van der Waals surface area contributed by atoms with Gasteiger partial charge in [0.25, 0.3) is 10.1 Å². The third kappa shape index (κ3) is 6.02. The molecule has 0 saturated heterocycles. The van der Waals surface area contributed by atoms with Crippen LogP contribution in [-0.2, 0) is 20.7 Å². The molecule has 0 bridgehead atoms. The van der Waals surface area contributed by atoms with Crippen LogP contribution in [0.3, 0.4) is 0 Å². The molecular formula is C18H23NO4S2. The van der Waals surface area contributed by atoms with Gasteiger partial charge < -0.3 is 5.21 Å². The topological polar surface area (TPSA) is 70.3 Å². The summed E-state index contributed by atoms with van der Waals surface area (Å²) in [5.41, 5.74) is 1.62. The first-order valence-corrected chi connectivity index (χ1v) is 10.5. The average Bonchev–Trinajstić information content (AvgIpc) is 2.49. The normalized spacial score (nSPS) is 13.6. The molecule has 5 nitrogen and oxygen atoms in total. The number of rotatable bonds is 7. The molecule has 0 saturated carbocycles. The number of hydrogen-bond acceptors (Lipinski definition) is 5. The molecule has 136 valence electrons. The molecule has 1 aromatic heterocycles. The fraction of sp³-hybridized carbons (Fsp3) is 0.389. The predicted octanol–water partition coefficient (Wildman–Crippen LogP) is 3.09. The third-order valence-corrected chi connectivity index (χ3v) is 5.65. The Morgan fingerprint density at radius 2 is 1.84 bits per heavy atom. The Balaban J connectivity index is 2.29. The van der Waals surface area contributed by atoms with E-state index in [9.17, 15) is 13.6 Å². The molecular weight excluding hydrogens is 358 g/mol. The number of pyridine rings is 1. The van der Waals surface area contributed by atoms with Gasteiger partial charge in [-0.25, -0.2) is 0 Å². The van der Waals surface area contributed by atoms with Gasteiger partial charge in [0.15, 0.2) is 11.9 Å². The molecule has 1 atom stereocenters. The molecule has 2 aromatic rings. The second kappa shape index (κ2) is 7.76. The van der Waals surface area contributed by atoms with Gasteiger partial charge in [-0.2, -0.15) is 13.1 Å². The van der Waals surface area contributed by atoms with Gasteiger partial charge in [0.05, 0.1) is 12.7 Å². The van der Waals surface area contributed by atoms with Gasteiger partial charge in [-0.05, 0) is 32.9 Å². The Morgan fingerprint density at radius 3 is 2.40 bits per heavy atom. The van der Waals surface area contributed by atoms with Crippen molar-refractivity contribution in [2.75, 3.05) is 6.26 Å². The summed E-state index contributed by atoms with van der Waals surface area (Å²) in [4.78, 5) is 1.01. The Labute approximate surface area is 153 Å². The SMILES string of the molecule is Cc1ccc(SC(C)(C)C(Cc2cccc[n+]2[O-])OS(C)(=O)=O)cc1. The highest BCUT2D eigenvalue weighted by molar-refractivity contribution is 8.00. The number of nitrogens with zero attached hydrogens (tertiary/aromatic N) is 1. The van der Waals surface area contributed by atoms with Crippen LogP contribution in [0.15, 0.2) is 53.6 Å². The Hall–Kier alpha value is -1.57. The van der Waals surface area contributed by atoms with Crippen molar-refractivity contribution in [1.82, 2.24) is 0 Å². The van der Waals surface area contributed by atoms with E-state index in [-0.39, 0.29) is 6.42 Å². The molecule has 0 radical (unpaired) electrons. The Morgan fingerprint density at radius 1 is 1.20 bits per heavy atom. The number of benzene rings is 1. The monoisotopic (exact) mass is 381 g/mol. The first-order chi connectivity index (χ1) is 11.6. The summed E-state index contributed by atoms with van der Waals surface area (Å²) in [7, 11) is -3.66. The zero-order chi connectivity index (χ0) is 18.7. The van der Waals surface area contributed by atoms with Gasteiger partial charge >= 0.3 is 0 Å². The quantitative estimate of drug-likeness (QED) is 0.319. The van der Waals surface area contributed by atoms with E-state index < -0.39 is 21.0 Å². The van der Waals surface area contributed by atoms with Crippen LogP contribution in [0.4, 0.5) is 0 Å². The maximum atomic E-state index is 11.9. The molecule has 0 amide bonds. The third-order valence-electron chi connectivity index (χ3n) is 3.77. The number of thioether (sulfide) groups is 1. The molecule has 0 N–H and O–H groups in total. The largest absolute Gasteiger partial charge is 0.619 e. The highest BCUT2D eigenvalue weighted by Gasteiger charge is 2.36. The minimum Gasteiger partial charge on any atom is -0.619 e. The lowest BCUT2D eigenvalue weighted by atomic mass is 10.0. The number of hydrogen-bond donors (Lipinski definition) is 0. The van der Waals surface area contributed by atoms with Crippen molar-refractivity contribution < 1.29 is 17.3 Å². The summed E-state index contributed by atoms with van der Waals surface area (Å²) < 4.78 is 29.0. The van der Waals surface area contributed by atoms with E-state index in [0.29, 0.717) is 5.69 Å². The van der Waals surface area contributed by atoms with Gasteiger partial charge in [0.2, 0.25) is 0 Å². The lowest BCUT2D eigenvalue weighted by molar-refractivity contribution is -0.614. The highest BCUT2D eigenvalue weighted by Crippen LogP contribution is 2.38. The maximum absolute atomic E-state index is 11.9. The summed E-state index contributed by atoms with van der Waals surface area (Å²) in [6.45, 7) is 5.86. The van der Waals surface area contributed by atoms with Crippen LogP contribution >= 0.6 is 11.8 Å². The summed E-state index contributed by atoms with van der Waals surface area (Å²) in [5.74, 6) is 0.